The summed E-state index contributed by atoms with van der Waals surface area (Å²) in [5.74, 6) is -0.763. The molecule has 0 radical (unpaired) electrons. The molecule has 1 aromatic carbocycles. The van der Waals surface area contributed by atoms with Gasteiger partial charge in [0.2, 0.25) is 5.13 Å². The van der Waals surface area contributed by atoms with Crippen LogP contribution in [0.4, 0.5) is 10.8 Å². The number of anilines is 1. The quantitative estimate of drug-likeness (QED) is 0.559. The van der Waals surface area contributed by atoms with E-state index in [1.165, 1.54) is 46.9 Å². The van der Waals surface area contributed by atoms with Gasteiger partial charge in [-0.05, 0) is 23.9 Å². The number of esters is 1. The lowest BCUT2D eigenvalue weighted by Crippen LogP contribution is -2.35. The number of rotatable bonds is 3. The van der Waals surface area contributed by atoms with Crippen LogP contribution in [-0.2, 0) is 14.3 Å². The summed E-state index contributed by atoms with van der Waals surface area (Å²) in [6, 6.07) is 7.96. The number of thiazole rings is 1. The lowest BCUT2D eigenvalue weighted by molar-refractivity contribution is -0.143. The van der Waals surface area contributed by atoms with Gasteiger partial charge in [0.1, 0.15) is 11.4 Å². The molecule has 1 saturated heterocycles. The lowest BCUT2D eigenvalue weighted by atomic mass is 10.3. The number of amides is 1. The summed E-state index contributed by atoms with van der Waals surface area (Å²) in [6.45, 7) is -0.190. The normalized spacial score (nSPS) is 20.5. The standard InChI is InChI=1S/C17H14N4O3S3/c1-20-10-5-3-4-6-11(10)26-15(20)13-14(23)21(9-12(22)24-2)17(27-13)19-16-18-7-8-25-16/h3-8H,9H2,1-2H3/b15-13+,19-17?. The van der Waals surface area contributed by atoms with Gasteiger partial charge in [-0.2, -0.15) is 4.99 Å². The molecule has 1 aromatic heterocycles. The molecule has 1 amide bonds. The summed E-state index contributed by atoms with van der Waals surface area (Å²) >= 11 is 4.15. The van der Waals surface area contributed by atoms with E-state index in [0.29, 0.717) is 15.2 Å². The lowest BCUT2D eigenvalue weighted by Gasteiger charge is -2.15. The maximum Gasteiger partial charge on any atom is 0.325 e. The van der Waals surface area contributed by atoms with E-state index in [1.54, 1.807) is 6.20 Å². The zero-order valence-electron chi connectivity index (χ0n) is 14.4. The van der Waals surface area contributed by atoms with Crippen LogP contribution in [0.5, 0.6) is 0 Å². The minimum atomic E-state index is -0.502. The number of aliphatic imine (C=N–C) groups is 1. The number of para-hydroxylation sites is 1. The molecule has 0 aliphatic carbocycles. The van der Waals surface area contributed by atoms with Crippen molar-refractivity contribution in [3.63, 3.8) is 0 Å². The van der Waals surface area contributed by atoms with Crippen LogP contribution in [0.3, 0.4) is 0 Å². The third kappa shape index (κ3) is 3.35. The summed E-state index contributed by atoms with van der Waals surface area (Å²) in [6.07, 6.45) is 1.65. The number of thioether (sulfide) groups is 2. The molecule has 4 rings (SSSR count). The van der Waals surface area contributed by atoms with E-state index in [1.807, 2.05) is 41.6 Å². The van der Waals surface area contributed by atoms with E-state index in [-0.39, 0.29) is 12.5 Å². The average molecular weight is 419 g/mol. The molecule has 0 bridgehead atoms. The fourth-order valence-corrected chi connectivity index (χ4v) is 5.49. The maximum absolute atomic E-state index is 13.1. The molecular weight excluding hydrogens is 404 g/mol. The number of amidine groups is 1. The molecule has 10 heteroatoms. The fraction of sp³-hybridized carbons (Fsp3) is 0.176. The molecule has 0 unspecified atom stereocenters. The van der Waals surface area contributed by atoms with Crippen LogP contribution in [0.1, 0.15) is 0 Å². The smallest absolute Gasteiger partial charge is 0.325 e. The number of carbonyl (C=O) groups excluding carboxylic acids is 2. The molecule has 0 atom stereocenters. The molecule has 3 heterocycles. The van der Waals surface area contributed by atoms with Crippen LogP contribution in [0.25, 0.3) is 0 Å². The van der Waals surface area contributed by atoms with Crippen molar-refractivity contribution in [2.75, 3.05) is 25.6 Å². The third-order valence-corrected chi connectivity index (χ3v) is 7.02. The zero-order chi connectivity index (χ0) is 19.0. The first kappa shape index (κ1) is 18.1. The van der Waals surface area contributed by atoms with Gasteiger partial charge in [-0.1, -0.05) is 23.9 Å². The Balaban J connectivity index is 1.73. The van der Waals surface area contributed by atoms with E-state index in [9.17, 15) is 9.59 Å². The molecule has 1 fully saturated rings. The summed E-state index contributed by atoms with van der Waals surface area (Å²) in [4.78, 5) is 38.4. The highest BCUT2D eigenvalue weighted by molar-refractivity contribution is 8.19. The van der Waals surface area contributed by atoms with E-state index >= 15 is 0 Å². The molecule has 27 heavy (non-hydrogen) atoms. The molecule has 7 nitrogen and oxygen atoms in total. The minimum absolute atomic E-state index is 0.190. The van der Waals surface area contributed by atoms with Gasteiger partial charge in [-0.25, -0.2) is 4.98 Å². The van der Waals surface area contributed by atoms with Crippen LogP contribution < -0.4 is 4.90 Å². The number of fused-ring (bicyclic) bond motifs is 1. The molecule has 2 aliphatic rings. The summed E-state index contributed by atoms with van der Waals surface area (Å²) < 4.78 is 4.73. The second-order valence-electron chi connectivity index (χ2n) is 5.54. The Morgan fingerprint density at radius 2 is 2.11 bits per heavy atom. The number of nitrogens with zero attached hydrogens (tertiary/aromatic N) is 4. The number of aromatic nitrogens is 1. The highest BCUT2D eigenvalue weighted by atomic mass is 32.2. The molecule has 0 spiro atoms. The van der Waals surface area contributed by atoms with Gasteiger partial charge in [-0.15, -0.1) is 11.3 Å². The Hall–Kier alpha value is -2.30. The summed E-state index contributed by atoms with van der Waals surface area (Å²) in [5.41, 5.74) is 1.04. The number of hydrogen-bond acceptors (Lipinski definition) is 9. The van der Waals surface area contributed by atoms with E-state index < -0.39 is 5.97 Å². The van der Waals surface area contributed by atoms with Gasteiger partial charge in [0, 0.05) is 23.5 Å². The Labute approximate surface area is 168 Å². The molecule has 0 saturated carbocycles. The van der Waals surface area contributed by atoms with Crippen molar-refractivity contribution in [2.45, 2.75) is 4.90 Å². The summed E-state index contributed by atoms with van der Waals surface area (Å²) in [7, 11) is 3.22. The minimum Gasteiger partial charge on any atom is -0.468 e. The van der Waals surface area contributed by atoms with Gasteiger partial charge >= 0.3 is 5.97 Å². The largest absolute Gasteiger partial charge is 0.468 e. The average Bonchev–Trinajstić information content (AvgIpc) is 3.37. The van der Waals surface area contributed by atoms with Gasteiger partial charge in [0.25, 0.3) is 5.91 Å². The van der Waals surface area contributed by atoms with Crippen molar-refractivity contribution >= 4 is 62.7 Å². The van der Waals surface area contributed by atoms with Crippen molar-refractivity contribution in [1.82, 2.24) is 9.88 Å². The first-order chi connectivity index (χ1) is 13.1. The fourth-order valence-electron chi connectivity index (χ4n) is 2.61. The molecule has 2 aromatic rings. The first-order valence-electron chi connectivity index (χ1n) is 7.88. The Bertz CT molecular complexity index is 972. The summed E-state index contributed by atoms with van der Waals surface area (Å²) in [5, 5.41) is 3.59. The first-order valence-corrected chi connectivity index (χ1v) is 10.4. The van der Waals surface area contributed by atoms with Crippen LogP contribution >= 0.6 is 34.9 Å². The highest BCUT2D eigenvalue weighted by Crippen LogP contribution is 2.49. The van der Waals surface area contributed by atoms with E-state index in [0.717, 1.165) is 15.6 Å². The number of methoxy groups -OCH3 is 1. The van der Waals surface area contributed by atoms with Gasteiger partial charge in [0.05, 0.1) is 17.8 Å². The number of ether oxygens (including phenoxy) is 1. The second kappa shape index (κ2) is 7.37. The number of benzene rings is 1. The number of hydrogen-bond donors (Lipinski definition) is 0. The van der Waals surface area contributed by atoms with Crippen molar-refractivity contribution < 1.29 is 14.3 Å². The maximum atomic E-state index is 13.1. The second-order valence-corrected chi connectivity index (χ2v) is 8.42. The van der Waals surface area contributed by atoms with Crippen molar-refractivity contribution in [3.05, 3.63) is 45.8 Å². The van der Waals surface area contributed by atoms with Crippen LogP contribution in [-0.4, -0.2) is 47.6 Å². The molecule has 138 valence electrons. The Kier molecular flexibility index (Phi) is 4.94. The van der Waals surface area contributed by atoms with E-state index in [2.05, 4.69) is 9.98 Å². The Morgan fingerprint density at radius 3 is 2.81 bits per heavy atom. The zero-order valence-corrected chi connectivity index (χ0v) is 16.9. The van der Waals surface area contributed by atoms with Crippen LogP contribution in [0.15, 0.2) is 55.7 Å². The van der Waals surface area contributed by atoms with Gasteiger partial charge < -0.3 is 9.64 Å². The van der Waals surface area contributed by atoms with Crippen molar-refractivity contribution in [3.8, 4) is 0 Å². The predicted molar refractivity (Wildman–Crippen MR) is 108 cm³/mol. The van der Waals surface area contributed by atoms with E-state index in [4.69, 9.17) is 4.74 Å². The topological polar surface area (TPSA) is 75.1 Å². The van der Waals surface area contributed by atoms with Crippen LogP contribution in [0.2, 0.25) is 0 Å². The molecule has 0 N–H and O–H groups in total. The Morgan fingerprint density at radius 1 is 1.30 bits per heavy atom. The SMILES string of the molecule is COC(=O)CN1C(=O)/C(=C2\Sc3ccccc3N2C)SC1=Nc1nccs1. The highest BCUT2D eigenvalue weighted by Gasteiger charge is 2.40. The molecule has 2 aliphatic heterocycles. The van der Waals surface area contributed by atoms with Crippen LogP contribution in [0, 0.1) is 0 Å². The third-order valence-electron chi connectivity index (χ3n) is 3.92. The van der Waals surface area contributed by atoms with Crippen molar-refractivity contribution in [1.29, 1.82) is 0 Å². The van der Waals surface area contributed by atoms with Gasteiger partial charge in [0.15, 0.2) is 5.17 Å². The predicted octanol–water partition coefficient (Wildman–Crippen LogP) is 3.29. The van der Waals surface area contributed by atoms with Gasteiger partial charge in [-0.3, -0.25) is 14.5 Å². The number of carbonyl (C=O) groups is 2. The van der Waals surface area contributed by atoms with Crippen molar-refractivity contribution in [2.24, 2.45) is 4.99 Å². The molecular formula is C17H14N4O3S3. The monoisotopic (exact) mass is 418 g/mol.